The summed E-state index contributed by atoms with van der Waals surface area (Å²) in [5.74, 6) is 0.697. The first-order valence-electron chi connectivity index (χ1n) is 10.9. The van der Waals surface area contributed by atoms with Gasteiger partial charge in [0.05, 0.1) is 10.6 Å². The minimum absolute atomic E-state index is 0.153. The summed E-state index contributed by atoms with van der Waals surface area (Å²) in [6.07, 6.45) is -0.677. The Hall–Kier alpha value is -2.94. The van der Waals surface area contributed by atoms with E-state index in [9.17, 15) is 8.42 Å². The van der Waals surface area contributed by atoms with Crippen molar-refractivity contribution in [3.63, 3.8) is 0 Å². The van der Waals surface area contributed by atoms with E-state index < -0.39 is 16.2 Å². The van der Waals surface area contributed by atoms with E-state index in [1.165, 1.54) is 17.7 Å². The Labute approximate surface area is 196 Å². The number of pyridine rings is 1. The quantitative estimate of drug-likeness (QED) is 0.490. The van der Waals surface area contributed by atoms with Gasteiger partial charge in [0, 0.05) is 22.4 Å². The predicted octanol–water partition coefficient (Wildman–Crippen LogP) is 4.52. The summed E-state index contributed by atoms with van der Waals surface area (Å²) in [6, 6.07) is 14.3. The average molecular weight is 466 g/mol. The average Bonchev–Trinajstić information content (AvgIpc) is 3.04. The van der Waals surface area contributed by atoms with Gasteiger partial charge in [0.2, 0.25) is 10.0 Å². The van der Waals surface area contributed by atoms with Crippen molar-refractivity contribution in [2.75, 3.05) is 10.7 Å². The third-order valence-corrected chi connectivity index (χ3v) is 7.22. The highest BCUT2D eigenvalue weighted by molar-refractivity contribution is 7.89. The molecule has 2 aromatic carbocycles. The second kappa shape index (κ2) is 8.13. The molecule has 4 rings (SSSR count). The van der Waals surface area contributed by atoms with E-state index in [1.54, 1.807) is 12.1 Å². The first-order valence-corrected chi connectivity index (χ1v) is 12.4. The van der Waals surface area contributed by atoms with E-state index in [2.05, 4.69) is 63.8 Å². The van der Waals surface area contributed by atoms with Gasteiger partial charge in [-0.05, 0) is 62.2 Å². The third-order valence-electron chi connectivity index (χ3n) is 5.78. The van der Waals surface area contributed by atoms with E-state index in [4.69, 9.17) is 10.7 Å². The lowest BCUT2D eigenvalue weighted by Crippen LogP contribution is -2.40. The van der Waals surface area contributed by atoms with Crippen LogP contribution < -0.4 is 20.9 Å². The summed E-state index contributed by atoms with van der Waals surface area (Å²) in [4.78, 5) is 5.12. The van der Waals surface area contributed by atoms with Gasteiger partial charge in [-0.1, -0.05) is 44.5 Å². The molecule has 1 atom stereocenters. The number of anilines is 3. The molecular weight excluding hydrogens is 434 g/mol. The lowest BCUT2D eigenvalue weighted by Gasteiger charge is -2.25. The molecule has 0 saturated carbocycles. The topological polar surface area (TPSA) is 100 Å². The number of sulfonamides is 1. The SMILES string of the molecule is Cc1cc(C)c(N2NC(NS(=O)(=O)c3ccc(N)cc3)c3ccc(C(C)(C)C)nc32)c(C)c1. The summed E-state index contributed by atoms with van der Waals surface area (Å²) in [6.45, 7) is 12.5. The van der Waals surface area contributed by atoms with Crippen molar-refractivity contribution >= 4 is 27.2 Å². The number of hydrazine groups is 1. The molecule has 0 amide bonds. The van der Waals surface area contributed by atoms with E-state index >= 15 is 0 Å². The maximum atomic E-state index is 13.1. The Kier molecular flexibility index (Phi) is 5.72. The van der Waals surface area contributed by atoms with Crippen molar-refractivity contribution < 1.29 is 8.42 Å². The zero-order valence-corrected chi connectivity index (χ0v) is 20.7. The number of fused-ring (bicyclic) bond motifs is 1. The minimum Gasteiger partial charge on any atom is -0.399 e. The molecular formula is C25H31N5O2S. The lowest BCUT2D eigenvalue weighted by atomic mass is 9.91. The Morgan fingerprint density at radius 1 is 1.00 bits per heavy atom. The van der Waals surface area contributed by atoms with Gasteiger partial charge < -0.3 is 5.73 Å². The fourth-order valence-electron chi connectivity index (χ4n) is 4.20. The van der Waals surface area contributed by atoms with Crippen LogP contribution in [-0.2, 0) is 15.4 Å². The molecule has 0 fully saturated rings. The van der Waals surface area contributed by atoms with Crippen LogP contribution in [0.5, 0.6) is 0 Å². The molecule has 4 N–H and O–H groups in total. The van der Waals surface area contributed by atoms with E-state index in [0.29, 0.717) is 11.5 Å². The molecule has 7 nitrogen and oxygen atoms in total. The molecule has 2 heterocycles. The molecule has 0 bridgehead atoms. The first kappa shape index (κ1) is 23.2. The summed E-state index contributed by atoms with van der Waals surface area (Å²) in [5, 5.41) is 1.91. The standard InChI is InChI=1S/C25H31N5O2S/c1-15-13-16(2)22(17(3)14-15)30-24-20(11-12-21(27-24)25(4,5)6)23(28-30)29-33(31,32)19-9-7-18(26)8-10-19/h7-14,23,28-29H,26H2,1-6H3. The zero-order chi connectivity index (χ0) is 24.1. The van der Waals surface area contributed by atoms with E-state index in [-0.39, 0.29) is 10.3 Å². The third kappa shape index (κ3) is 4.46. The number of nitrogen functional groups attached to an aromatic ring is 1. The van der Waals surface area contributed by atoms with Crippen LogP contribution in [0.15, 0.2) is 53.4 Å². The van der Waals surface area contributed by atoms with Crippen molar-refractivity contribution in [2.45, 2.75) is 58.0 Å². The van der Waals surface area contributed by atoms with Crippen molar-refractivity contribution in [3.8, 4) is 0 Å². The van der Waals surface area contributed by atoms with Gasteiger partial charge in [0.25, 0.3) is 0 Å². The minimum atomic E-state index is -3.80. The second-order valence-corrected chi connectivity index (χ2v) is 11.4. The van der Waals surface area contributed by atoms with Crippen LogP contribution >= 0.6 is 0 Å². The molecule has 174 valence electrons. The normalized spacial score (nSPS) is 16.2. The molecule has 33 heavy (non-hydrogen) atoms. The summed E-state index contributed by atoms with van der Waals surface area (Å²) in [7, 11) is -3.80. The highest BCUT2D eigenvalue weighted by Gasteiger charge is 2.36. The smallest absolute Gasteiger partial charge is 0.242 e. The Bertz CT molecular complexity index is 1290. The maximum Gasteiger partial charge on any atom is 0.242 e. The van der Waals surface area contributed by atoms with Gasteiger partial charge in [0.15, 0.2) is 5.82 Å². The number of nitrogens with zero attached hydrogens (tertiary/aromatic N) is 2. The van der Waals surface area contributed by atoms with Gasteiger partial charge in [-0.3, -0.25) is 5.01 Å². The molecule has 0 radical (unpaired) electrons. The number of hydrogen-bond donors (Lipinski definition) is 3. The number of aryl methyl sites for hydroxylation is 3. The number of aromatic nitrogens is 1. The molecule has 1 aliphatic heterocycles. The van der Waals surface area contributed by atoms with Crippen molar-refractivity contribution in [2.24, 2.45) is 0 Å². The highest BCUT2D eigenvalue weighted by atomic mass is 32.2. The van der Waals surface area contributed by atoms with Crippen LogP contribution in [0.4, 0.5) is 17.2 Å². The lowest BCUT2D eigenvalue weighted by molar-refractivity contribution is 0.521. The molecule has 1 unspecified atom stereocenters. The molecule has 8 heteroatoms. The van der Waals surface area contributed by atoms with Gasteiger partial charge in [-0.25, -0.2) is 18.8 Å². The van der Waals surface area contributed by atoms with Crippen molar-refractivity contribution in [1.82, 2.24) is 15.1 Å². The Morgan fingerprint density at radius 2 is 1.61 bits per heavy atom. The molecule has 0 aliphatic carbocycles. The number of benzene rings is 2. The zero-order valence-electron chi connectivity index (χ0n) is 19.9. The molecule has 3 aromatic rings. The van der Waals surface area contributed by atoms with Gasteiger partial charge in [0.1, 0.15) is 6.17 Å². The van der Waals surface area contributed by atoms with Crippen LogP contribution in [0.3, 0.4) is 0 Å². The molecule has 1 aliphatic rings. The fraction of sp³-hybridized carbons (Fsp3) is 0.320. The largest absolute Gasteiger partial charge is 0.399 e. The monoisotopic (exact) mass is 465 g/mol. The second-order valence-electron chi connectivity index (χ2n) is 9.69. The molecule has 1 aromatic heterocycles. The summed E-state index contributed by atoms with van der Waals surface area (Å²) >= 11 is 0. The number of nitrogens with one attached hydrogen (secondary N) is 2. The molecule has 0 saturated heterocycles. The number of hydrogen-bond acceptors (Lipinski definition) is 6. The van der Waals surface area contributed by atoms with E-state index in [0.717, 1.165) is 28.1 Å². The number of rotatable bonds is 4. The maximum absolute atomic E-state index is 13.1. The van der Waals surface area contributed by atoms with Crippen LogP contribution in [0.1, 0.15) is 54.9 Å². The first-order chi connectivity index (χ1) is 15.4. The van der Waals surface area contributed by atoms with Crippen LogP contribution in [0.2, 0.25) is 0 Å². The van der Waals surface area contributed by atoms with Gasteiger partial charge >= 0.3 is 0 Å². The Balaban J connectivity index is 1.80. The summed E-state index contributed by atoms with van der Waals surface area (Å²) in [5.41, 5.74) is 15.4. The van der Waals surface area contributed by atoms with Crippen molar-refractivity contribution in [1.29, 1.82) is 0 Å². The van der Waals surface area contributed by atoms with Crippen LogP contribution in [-0.4, -0.2) is 13.4 Å². The fourth-order valence-corrected chi connectivity index (χ4v) is 5.32. The number of nitrogens with two attached hydrogens (primary N) is 1. The van der Waals surface area contributed by atoms with Gasteiger partial charge in [-0.15, -0.1) is 0 Å². The van der Waals surface area contributed by atoms with E-state index in [1.807, 2.05) is 17.1 Å². The highest BCUT2D eigenvalue weighted by Crippen LogP contribution is 2.40. The van der Waals surface area contributed by atoms with Crippen LogP contribution in [0.25, 0.3) is 0 Å². The predicted molar refractivity (Wildman–Crippen MR) is 133 cm³/mol. The Morgan fingerprint density at radius 3 is 2.18 bits per heavy atom. The summed E-state index contributed by atoms with van der Waals surface area (Å²) < 4.78 is 29.0. The van der Waals surface area contributed by atoms with Crippen LogP contribution in [0, 0.1) is 20.8 Å². The van der Waals surface area contributed by atoms with Gasteiger partial charge in [-0.2, -0.15) is 4.72 Å². The molecule has 0 spiro atoms. The van der Waals surface area contributed by atoms with Crippen molar-refractivity contribution in [3.05, 3.63) is 76.5 Å².